The van der Waals surface area contributed by atoms with Crippen LogP contribution < -0.4 is 0 Å². The van der Waals surface area contributed by atoms with E-state index in [-0.39, 0.29) is 22.4 Å². The fraction of sp³-hybridized carbons (Fsp3) is 0.536. The van der Waals surface area contributed by atoms with Crippen LogP contribution in [-0.4, -0.2) is 46.3 Å². The molecule has 2 aromatic carbocycles. The highest BCUT2D eigenvalue weighted by Gasteiger charge is 2.38. The third kappa shape index (κ3) is 5.66. The molecule has 2 unspecified atom stereocenters. The van der Waals surface area contributed by atoms with Gasteiger partial charge in [0.25, 0.3) is 5.69 Å². The quantitative estimate of drug-likeness (QED) is 0.376. The molecule has 2 atom stereocenters. The summed E-state index contributed by atoms with van der Waals surface area (Å²) in [6, 6.07) is 17.9. The molecule has 6 heteroatoms. The molecule has 1 amide bonds. The molecule has 2 aliphatic rings. The van der Waals surface area contributed by atoms with E-state index < -0.39 is 0 Å². The highest BCUT2D eigenvalue weighted by atomic mass is 16.6. The fourth-order valence-electron chi connectivity index (χ4n) is 5.81. The zero-order chi connectivity index (χ0) is 24.1. The standard InChI is InChI=1S/C28H37N3O3/c1-21(2)28(32)30(25-14-7-4-8-15-25)19-24-18-29(20-26(24)22-11-5-3-6-12-22)17-23-13-9-10-16-27(23)31(33)34/h3,5-6,9-13,16,21,24-26H,4,7-8,14-15,17-20H2,1-2H3. The van der Waals surface area contributed by atoms with Crippen LogP contribution in [0.4, 0.5) is 5.69 Å². The predicted octanol–water partition coefficient (Wildman–Crippen LogP) is 5.63. The van der Waals surface area contributed by atoms with Gasteiger partial charge in [0.1, 0.15) is 0 Å². The van der Waals surface area contributed by atoms with Crippen molar-refractivity contribution in [3.8, 4) is 0 Å². The number of amides is 1. The maximum absolute atomic E-state index is 13.3. The van der Waals surface area contributed by atoms with E-state index in [2.05, 4.69) is 34.1 Å². The van der Waals surface area contributed by atoms with Crippen LogP contribution in [0.1, 0.15) is 63.0 Å². The number of benzene rings is 2. The third-order valence-electron chi connectivity index (χ3n) is 7.55. The Bertz CT molecular complexity index is 972. The molecular weight excluding hydrogens is 426 g/mol. The number of carbonyl (C=O) groups excluding carboxylic acids is 1. The second-order valence-corrected chi connectivity index (χ2v) is 10.3. The molecule has 1 aliphatic heterocycles. The third-order valence-corrected chi connectivity index (χ3v) is 7.55. The molecule has 1 heterocycles. The van der Waals surface area contributed by atoms with Gasteiger partial charge >= 0.3 is 0 Å². The first kappa shape index (κ1) is 24.4. The number of nitro benzene ring substituents is 1. The van der Waals surface area contributed by atoms with Gasteiger partial charge in [-0.3, -0.25) is 19.8 Å². The molecule has 1 saturated heterocycles. The summed E-state index contributed by atoms with van der Waals surface area (Å²) in [6.45, 7) is 6.99. The second kappa shape index (κ2) is 11.1. The monoisotopic (exact) mass is 463 g/mol. The average Bonchev–Trinajstić information content (AvgIpc) is 3.25. The van der Waals surface area contributed by atoms with Crippen LogP contribution in [0.25, 0.3) is 0 Å². The van der Waals surface area contributed by atoms with E-state index >= 15 is 0 Å². The lowest BCUT2D eigenvalue weighted by molar-refractivity contribution is -0.385. The number of para-hydroxylation sites is 1. The van der Waals surface area contributed by atoms with E-state index in [1.165, 1.54) is 24.8 Å². The maximum atomic E-state index is 13.3. The molecule has 0 spiro atoms. The molecule has 6 nitrogen and oxygen atoms in total. The van der Waals surface area contributed by atoms with E-state index in [9.17, 15) is 14.9 Å². The lowest BCUT2D eigenvalue weighted by Gasteiger charge is -2.38. The Kier molecular flexibility index (Phi) is 7.99. The summed E-state index contributed by atoms with van der Waals surface area (Å²) in [5, 5.41) is 11.5. The summed E-state index contributed by atoms with van der Waals surface area (Å²) in [5.41, 5.74) is 2.22. The molecule has 0 bridgehead atoms. The zero-order valence-corrected chi connectivity index (χ0v) is 20.4. The molecule has 0 radical (unpaired) electrons. The summed E-state index contributed by atoms with van der Waals surface area (Å²) in [5.74, 6) is 0.849. The Morgan fingerprint density at radius 2 is 1.71 bits per heavy atom. The maximum Gasteiger partial charge on any atom is 0.273 e. The van der Waals surface area contributed by atoms with E-state index in [1.807, 2.05) is 32.0 Å². The van der Waals surface area contributed by atoms with Gasteiger partial charge in [-0.05, 0) is 24.3 Å². The molecule has 182 valence electrons. The first-order chi connectivity index (χ1) is 16.4. The Morgan fingerprint density at radius 3 is 2.38 bits per heavy atom. The minimum Gasteiger partial charge on any atom is -0.339 e. The van der Waals surface area contributed by atoms with E-state index in [0.717, 1.165) is 38.0 Å². The van der Waals surface area contributed by atoms with Gasteiger partial charge in [0.15, 0.2) is 0 Å². The van der Waals surface area contributed by atoms with Gasteiger partial charge in [-0.2, -0.15) is 0 Å². The number of hydrogen-bond donors (Lipinski definition) is 0. The average molecular weight is 464 g/mol. The van der Waals surface area contributed by atoms with Gasteiger partial charge in [-0.25, -0.2) is 0 Å². The van der Waals surface area contributed by atoms with Crippen LogP contribution in [0.3, 0.4) is 0 Å². The van der Waals surface area contributed by atoms with Crippen molar-refractivity contribution >= 4 is 11.6 Å². The Balaban J connectivity index is 1.58. The van der Waals surface area contributed by atoms with Crippen molar-refractivity contribution < 1.29 is 9.72 Å². The van der Waals surface area contributed by atoms with Crippen molar-refractivity contribution in [2.75, 3.05) is 19.6 Å². The minimum atomic E-state index is -0.288. The van der Waals surface area contributed by atoms with Crippen molar-refractivity contribution in [1.82, 2.24) is 9.80 Å². The number of hydrogen-bond acceptors (Lipinski definition) is 4. The van der Waals surface area contributed by atoms with Gasteiger partial charge < -0.3 is 4.90 Å². The van der Waals surface area contributed by atoms with Crippen molar-refractivity contribution in [3.63, 3.8) is 0 Å². The molecule has 1 aliphatic carbocycles. The van der Waals surface area contributed by atoms with Gasteiger partial charge in [-0.1, -0.05) is 81.6 Å². The summed E-state index contributed by atoms with van der Waals surface area (Å²) >= 11 is 0. The normalized spacial score (nSPS) is 21.6. The van der Waals surface area contributed by atoms with E-state index in [1.54, 1.807) is 12.1 Å². The lowest BCUT2D eigenvalue weighted by Crippen LogP contribution is -2.47. The molecule has 34 heavy (non-hydrogen) atoms. The summed E-state index contributed by atoms with van der Waals surface area (Å²) in [7, 11) is 0. The van der Waals surface area contributed by atoms with Crippen LogP contribution >= 0.6 is 0 Å². The van der Waals surface area contributed by atoms with Crippen molar-refractivity contribution in [3.05, 3.63) is 75.8 Å². The van der Waals surface area contributed by atoms with Crippen molar-refractivity contribution in [2.45, 2.75) is 64.5 Å². The number of nitrogens with zero attached hydrogens (tertiary/aromatic N) is 3. The van der Waals surface area contributed by atoms with E-state index in [4.69, 9.17) is 0 Å². The summed E-state index contributed by atoms with van der Waals surface area (Å²) < 4.78 is 0. The van der Waals surface area contributed by atoms with Gasteiger partial charge in [0.2, 0.25) is 5.91 Å². The lowest BCUT2D eigenvalue weighted by atomic mass is 9.86. The number of carbonyl (C=O) groups is 1. The Morgan fingerprint density at radius 1 is 1.03 bits per heavy atom. The largest absolute Gasteiger partial charge is 0.339 e. The molecule has 4 rings (SSSR count). The predicted molar refractivity (Wildman–Crippen MR) is 134 cm³/mol. The van der Waals surface area contributed by atoms with Crippen LogP contribution in [0.5, 0.6) is 0 Å². The topological polar surface area (TPSA) is 66.7 Å². The number of nitro groups is 1. The fourth-order valence-corrected chi connectivity index (χ4v) is 5.81. The highest BCUT2D eigenvalue weighted by Crippen LogP contribution is 2.36. The summed E-state index contributed by atoms with van der Waals surface area (Å²) in [6.07, 6.45) is 5.86. The van der Waals surface area contributed by atoms with Gasteiger partial charge in [-0.15, -0.1) is 0 Å². The first-order valence-electron chi connectivity index (χ1n) is 12.7. The highest BCUT2D eigenvalue weighted by molar-refractivity contribution is 5.78. The molecule has 0 aromatic heterocycles. The zero-order valence-electron chi connectivity index (χ0n) is 20.4. The number of rotatable bonds is 8. The second-order valence-electron chi connectivity index (χ2n) is 10.3. The van der Waals surface area contributed by atoms with Gasteiger partial charge in [0.05, 0.1) is 4.92 Å². The smallest absolute Gasteiger partial charge is 0.273 e. The van der Waals surface area contributed by atoms with Crippen molar-refractivity contribution in [1.29, 1.82) is 0 Å². The molecular formula is C28H37N3O3. The van der Waals surface area contributed by atoms with Crippen molar-refractivity contribution in [2.24, 2.45) is 11.8 Å². The molecule has 2 fully saturated rings. The SMILES string of the molecule is CC(C)C(=O)N(CC1CN(Cc2ccccc2[N+](=O)[O-])CC1c1ccccc1)C1CCCCC1. The van der Waals surface area contributed by atoms with Crippen LogP contribution in [0.2, 0.25) is 0 Å². The van der Waals surface area contributed by atoms with Crippen LogP contribution in [0.15, 0.2) is 54.6 Å². The molecule has 0 N–H and O–H groups in total. The molecule has 1 saturated carbocycles. The molecule has 2 aromatic rings. The van der Waals surface area contributed by atoms with Crippen LogP contribution in [0, 0.1) is 22.0 Å². The van der Waals surface area contributed by atoms with Gasteiger partial charge in [0, 0.05) is 55.7 Å². The van der Waals surface area contributed by atoms with E-state index in [0.29, 0.717) is 24.4 Å². The minimum absolute atomic E-state index is 0.0124. The Hall–Kier alpha value is -2.73. The van der Waals surface area contributed by atoms with Crippen LogP contribution in [-0.2, 0) is 11.3 Å². The Labute approximate surface area is 203 Å². The summed E-state index contributed by atoms with van der Waals surface area (Å²) in [4.78, 5) is 29.1. The first-order valence-corrected chi connectivity index (χ1v) is 12.7. The number of likely N-dealkylation sites (tertiary alicyclic amines) is 1.